The molecule has 0 spiro atoms. The first-order valence-corrected chi connectivity index (χ1v) is 6.00. The average Bonchev–Trinajstić information content (AvgIpc) is 2.65. The minimum Gasteiger partial charge on any atom is -0.294 e. The van der Waals surface area contributed by atoms with Gasteiger partial charge in [-0.3, -0.25) is 14.5 Å². The molecule has 0 unspecified atom stereocenters. The van der Waals surface area contributed by atoms with Crippen molar-refractivity contribution >= 4 is 17.4 Å². The number of carbonyl (C=O) groups is 2. The lowest BCUT2D eigenvalue weighted by molar-refractivity contribution is -0.114. The fourth-order valence-corrected chi connectivity index (χ4v) is 2.23. The van der Waals surface area contributed by atoms with E-state index < -0.39 is 17.5 Å². The van der Waals surface area contributed by atoms with Crippen LogP contribution in [-0.4, -0.2) is 21.7 Å². The molecule has 0 aliphatic carbocycles. The lowest BCUT2D eigenvalue weighted by atomic mass is 10.1. The van der Waals surface area contributed by atoms with E-state index in [0.717, 1.165) is 4.90 Å². The number of Topliss-reactive ketones (excluding diaryl/α,β-unsaturated/α-hetero) is 1. The second-order valence-corrected chi connectivity index (χ2v) is 4.53. The Labute approximate surface area is 114 Å². The Bertz CT molecular complexity index is 716. The van der Waals surface area contributed by atoms with Crippen molar-refractivity contribution in [3.8, 4) is 0 Å². The average molecular weight is 271 g/mol. The molecule has 2 heterocycles. The number of anilines is 1. The van der Waals surface area contributed by atoms with E-state index in [0.29, 0.717) is 11.4 Å². The van der Waals surface area contributed by atoms with Gasteiger partial charge in [-0.1, -0.05) is 0 Å². The van der Waals surface area contributed by atoms with Crippen molar-refractivity contribution in [3.63, 3.8) is 0 Å². The molecule has 1 aliphatic rings. The molecule has 1 amide bonds. The van der Waals surface area contributed by atoms with E-state index in [1.165, 1.54) is 24.5 Å². The number of fused-ring (bicyclic) bond motifs is 1. The maximum atomic E-state index is 14.1. The van der Waals surface area contributed by atoms with Gasteiger partial charge in [0, 0.05) is 12.4 Å². The molecule has 0 atom stereocenters. The molecular formula is C14H10FN3O2. The number of carbonyl (C=O) groups excluding carboxylic acids is 2. The molecule has 20 heavy (non-hydrogen) atoms. The van der Waals surface area contributed by atoms with Crippen molar-refractivity contribution in [1.82, 2.24) is 9.97 Å². The summed E-state index contributed by atoms with van der Waals surface area (Å²) in [5.74, 6) is -1.69. The van der Waals surface area contributed by atoms with Crippen LogP contribution in [0.15, 0.2) is 30.6 Å². The van der Waals surface area contributed by atoms with Crippen molar-refractivity contribution in [2.24, 2.45) is 0 Å². The summed E-state index contributed by atoms with van der Waals surface area (Å²) in [6, 6.07) is 4.45. The van der Waals surface area contributed by atoms with Gasteiger partial charge in [-0.15, -0.1) is 0 Å². The van der Waals surface area contributed by atoms with Crippen LogP contribution in [0.4, 0.5) is 10.1 Å². The van der Waals surface area contributed by atoms with Gasteiger partial charge in [-0.05, 0) is 30.7 Å². The highest BCUT2D eigenvalue weighted by atomic mass is 19.1. The molecule has 100 valence electrons. The van der Waals surface area contributed by atoms with Gasteiger partial charge >= 0.3 is 0 Å². The van der Waals surface area contributed by atoms with Gasteiger partial charge in [0.25, 0.3) is 11.7 Å². The van der Waals surface area contributed by atoms with Crippen molar-refractivity contribution in [1.29, 1.82) is 0 Å². The summed E-state index contributed by atoms with van der Waals surface area (Å²) in [5, 5.41) is 0. The molecule has 1 aliphatic heterocycles. The Morgan fingerprint density at radius 3 is 2.60 bits per heavy atom. The van der Waals surface area contributed by atoms with Gasteiger partial charge < -0.3 is 0 Å². The van der Waals surface area contributed by atoms with Crippen molar-refractivity contribution in [3.05, 3.63) is 53.4 Å². The number of nitrogens with zero attached hydrogens (tertiary/aromatic N) is 3. The second-order valence-electron chi connectivity index (χ2n) is 4.53. The predicted molar refractivity (Wildman–Crippen MR) is 68.7 cm³/mol. The Kier molecular flexibility index (Phi) is 2.78. The maximum Gasteiger partial charge on any atom is 0.299 e. The van der Waals surface area contributed by atoms with Crippen LogP contribution in [0, 0.1) is 12.7 Å². The largest absolute Gasteiger partial charge is 0.299 e. The van der Waals surface area contributed by atoms with Gasteiger partial charge in [0.15, 0.2) is 0 Å². The summed E-state index contributed by atoms with van der Waals surface area (Å²) >= 11 is 0. The SMILES string of the molecule is Cc1cc(F)c2c(c1)C(=O)C(=O)N2Cc1ncccn1. The Morgan fingerprint density at radius 1 is 1.20 bits per heavy atom. The summed E-state index contributed by atoms with van der Waals surface area (Å²) in [4.78, 5) is 32.9. The van der Waals surface area contributed by atoms with Gasteiger partial charge in [-0.25, -0.2) is 14.4 Å². The van der Waals surface area contributed by atoms with Crippen LogP contribution >= 0.6 is 0 Å². The molecule has 0 saturated heterocycles. The molecule has 0 bridgehead atoms. The molecule has 1 aromatic heterocycles. The van der Waals surface area contributed by atoms with Crippen molar-refractivity contribution in [2.75, 3.05) is 4.90 Å². The highest BCUT2D eigenvalue weighted by molar-refractivity contribution is 6.52. The number of aromatic nitrogens is 2. The third-order valence-electron chi connectivity index (χ3n) is 3.08. The number of halogens is 1. The van der Waals surface area contributed by atoms with Crippen LogP contribution in [0.2, 0.25) is 0 Å². The fourth-order valence-electron chi connectivity index (χ4n) is 2.23. The van der Waals surface area contributed by atoms with Crippen LogP contribution < -0.4 is 4.90 Å². The molecule has 0 fully saturated rings. The smallest absolute Gasteiger partial charge is 0.294 e. The van der Waals surface area contributed by atoms with E-state index >= 15 is 0 Å². The molecule has 3 rings (SSSR count). The summed E-state index contributed by atoms with van der Waals surface area (Å²) in [7, 11) is 0. The van der Waals surface area contributed by atoms with E-state index in [4.69, 9.17) is 0 Å². The topological polar surface area (TPSA) is 63.2 Å². The van der Waals surface area contributed by atoms with Crippen LogP contribution in [0.1, 0.15) is 21.7 Å². The zero-order valence-electron chi connectivity index (χ0n) is 10.6. The molecule has 2 aromatic rings. The number of amides is 1. The highest BCUT2D eigenvalue weighted by Crippen LogP contribution is 2.33. The van der Waals surface area contributed by atoms with Crippen molar-refractivity contribution < 1.29 is 14.0 Å². The van der Waals surface area contributed by atoms with Gasteiger partial charge in [-0.2, -0.15) is 0 Å². The molecule has 6 heteroatoms. The minimum absolute atomic E-state index is 0.0121. The number of rotatable bonds is 2. The first kappa shape index (κ1) is 12.4. The molecular weight excluding hydrogens is 261 g/mol. The van der Waals surface area contributed by atoms with Gasteiger partial charge in [0.05, 0.1) is 17.8 Å². The monoisotopic (exact) mass is 271 g/mol. The Morgan fingerprint density at radius 2 is 1.90 bits per heavy atom. The number of hydrogen-bond acceptors (Lipinski definition) is 4. The molecule has 1 aromatic carbocycles. The van der Waals surface area contributed by atoms with E-state index in [1.807, 2.05) is 0 Å². The van der Waals surface area contributed by atoms with Crippen LogP contribution in [0.3, 0.4) is 0 Å². The zero-order valence-corrected chi connectivity index (χ0v) is 10.6. The number of benzene rings is 1. The van der Waals surface area contributed by atoms with Crippen LogP contribution in [0.25, 0.3) is 0 Å². The summed E-state index contributed by atoms with van der Waals surface area (Å²) in [6.45, 7) is 1.64. The normalized spacial score (nSPS) is 13.8. The summed E-state index contributed by atoms with van der Waals surface area (Å²) in [5.41, 5.74) is 0.710. The Hall–Kier alpha value is -2.63. The molecule has 0 radical (unpaired) electrons. The number of aryl methyl sites for hydroxylation is 1. The van der Waals surface area contributed by atoms with E-state index in [9.17, 15) is 14.0 Å². The zero-order chi connectivity index (χ0) is 14.3. The first-order valence-electron chi connectivity index (χ1n) is 6.00. The highest BCUT2D eigenvalue weighted by Gasteiger charge is 2.38. The van der Waals surface area contributed by atoms with Crippen molar-refractivity contribution in [2.45, 2.75) is 13.5 Å². The second kappa shape index (κ2) is 4.48. The number of hydrogen-bond donors (Lipinski definition) is 0. The fraction of sp³-hybridized carbons (Fsp3) is 0.143. The third-order valence-corrected chi connectivity index (χ3v) is 3.08. The van der Waals surface area contributed by atoms with E-state index in [-0.39, 0.29) is 17.8 Å². The quantitative estimate of drug-likeness (QED) is 0.779. The molecule has 0 N–H and O–H groups in total. The Balaban J connectivity index is 2.07. The maximum absolute atomic E-state index is 14.1. The molecule has 5 nitrogen and oxygen atoms in total. The lowest BCUT2D eigenvalue weighted by Gasteiger charge is -2.16. The summed E-state index contributed by atoms with van der Waals surface area (Å²) in [6.07, 6.45) is 3.05. The number of ketones is 1. The van der Waals surface area contributed by atoms with Crippen LogP contribution in [0.5, 0.6) is 0 Å². The summed E-state index contributed by atoms with van der Waals surface area (Å²) < 4.78 is 14.1. The van der Waals surface area contributed by atoms with E-state index in [1.54, 1.807) is 13.0 Å². The minimum atomic E-state index is -0.753. The molecule has 0 saturated carbocycles. The first-order chi connectivity index (χ1) is 9.58. The van der Waals surface area contributed by atoms with Crippen LogP contribution in [-0.2, 0) is 11.3 Å². The standard InChI is InChI=1S/C14H10FN3O2/c1-8-5-9-12(10(15)6-8)18(14(20)13(9)19)7-11-16-3-2-4-17-11/h2-6H,7H2,1H3. The van der Waals surface area contributed by atoms with E-state index in [2.05, 4.69) is 9.97 Å². The lowest BCUT2D eigenvalue weighted by Crippen LogP contribution is -2.30. The predicted octanol–water partition coefficient (Wildman–Crippen LogP) is 1.65. The van der Waals surface area contributed by atoms with Gasteiger partial charge in [0.1, 0.15) is 11.6 Å². The third kappa shape index (κ3) is 1.85. The van der Waals surface area contributed by atoms with Gasteiger partial charge in [0.2, 0.25) is 0 Å².